The summed E-state index contributed by atoms with van der Waals surface area (Å²) in [5.41, 5.74) is 5.86. The summed E-state index contributed by atoms with van der Waals surface area (Å²) in [5.74, 6) is 2.82. The number of likely N-dealkylation sites (N-methyl/N-ethyl adjacent to an activating group) is 1. The highest BCUT2D eigenvalue weighted by Gasteiger charge is 2.41. The van der Waals surface area contributed by atoms with Gasteiger partial charge in [0, 0.05) is 45.8 Å². The molecule has 0 radical (unpaired) electrons. The molecule has 0 spiro atoms. The Balaban J connectivity index is 1.53. The smallest absolute Gasteiger partial charge is 0.202 e. The molecule has 196 valence electrons. The van der Waals surface area contributed by atoms with Crippen LogP contribution in [0.2, 0.25) is 0 Å². The number of piperazine rings is 1. The van der Waals surface area contributed by atoms with Gasteiger partial charge < -0.3 is 14.6 Å². The van der Waals surface area contributed by atoms with E-state index in [9.17, 15) is 4.79 Å². The van der Waals surface area contributed by atoms with Crippen LogP contribution in [0, 0.1) is 17.8 Å². The molecule has 0 atom stereocenters. The number of nitrogens with one attached hydrogen (secondary N) is 1. The van der Waals surface area contributed by atoms with Crippen molar-refractivity contribution in [3.8, 4) is 12.3 Å². The molecule has 0 bridgehead atoms. The highest BCUT2D eigenvalue weighted by atomic mass is 16.5. The van der Waals surface area contributed by atoms with E-state index in [1.807, 2.05) is 0 Å². The highest BCUT2D eigenvalue weighted by molar-refractivity contribution is 5.95. The van der Waals surface area contributed by atoms with Crippen molar-refractivity contribution in [1.29, 1.82) is 0 Å². The Morgan fingerprint density at radius 3 is 2.57 bits per heavy atom. The maximum absolute atomic E-state index is 13.2. The largest absolute Gasteiger partial charge is 0.381 e. The Labute approximate surface area is 221 Å². The number of aromatic nitrogens is 2. The zero-order valence-corrected chi connectivity index (χ0v) is 22.6. The molecule has 1 aliphatic carbocycles. The molecule has 3 heterocycles. The number of benzene rings is 1. The van der Waals surface area contributed by atoms with Crippen LogP contribution in [0.25, 0.3) is 5.57 Å². The van der Waals surface area contributed by atoms with Crippen LogP contribution in [0.15, 0.2) is 30.5 Å². The van der Waals surface area contributed by atoms with E-state index in [0.29, 0.717) is 23.4 Å². The van der Waals surface area contributed by atoms with Gasteiger partial charge in [0.2, 0.25) is 5.78 Å². The van der Waals surface area contributed by atoms with E-state index in [2.05, 4.69) is 70.9 Å². The van der Waals surface area contributed by atoms with Gasteiger partial charge in [-0.1, -0.05) is 38.0 Å². The van der Waals surface area contributed by atoms with E-state index in [4.69, 9.17) is 11.2 Å². The molecular formula is C31H40N4O2. The third-order valence-electron chi connectivity index (χ3n) is 8.74. The summed E-state index contributed by atoms with van der Waals surface area (Å²) in [6, 6.07) is 6.88. The van der Waals surface area contributed by atoms with E-state index >= 15 is 0 Å². The Bertz CT molecular complexity index is 1200. The second-order valence-electron chi connectivity index (χ2n) is 11.8. The lowest BCUT2D eigenvalue weighted by atomic mass is 9.74. The number of aromatic amines is 1. The quantitative estimate of drug-likeness (QED) is 0.462. The molecule has 6 nitrogen and oxygen atoms in total. The van der Waals surface area contributed by atoms with Crippen molar-refractivity contribution < 1.29 is 9.53 Å². The van der Waals surface area contributed by atoms with Gasteiger partial charge >= 0.3 is 0 Å². The predicted octanol–water partition coefficient (Wildman–Crippen LogP) is 4.66. The second kappa shape index (κ2) is 10.6. The number of H-pyrrole nitrogens is 1. The fourth-order valence-electron chi connectivity index (χ4n) is 6.16. The lowest BCUT2D eigenvalue weighted by molar-refractivity contribution is -0.0485. The zero-order chi connectivity index (χ0) is 26.0. The predicted molar refractivity (Wildman–Crippen MR) is 147 cm³/mol. The van der Waals surface area contributed by atoms with Crippen molar-refractivity contribution in [3.63, 3.8) is 0 Å². The number of nitrogens with zero attached hydrogens (tertiary/aromatic N) is 3. The van der Waals surface area contributed by atoms with E-state index in [0.717, 1.165) is 77.1 Å². The van der Waals surface area contributed by atoms with Crippen molar-refractivity contribution in [2.45, 2.75) is 57.9 Å². The molecule has 0 amide bonds. The number of Topliss-reactive ketones (excluding diaryl/α,β-unsaturated/α-hetero) is 1. The van der Waals surface area contributed by atoms with Crippen LogP contribution in [0.1, 0.15) is 79.0 Å². The second-order valence-corrected chi connectivity index (χ2v) is 11.8. The van der Waals surface area contributed by atoms with E-state index in [1.165, 1.54) is 16.7 Å². The summed E-state index contributed by atoms with van der Waals surface area (Å²) in [6.45, 7) is 10.6. The number of carbonyl (C=O) groups excluding carboxylic acids is 1. The van der Waals surface area contributed by atoms with Crippen LogP contribution in [0.4, 0.5) is 0 Å². The first-order valence-electron chi connectivity index (χ1n) is 13.7. The highest BCUT2D eigenvalue weighted by Crippen LogP contribution is 2.43. The standard InChI is InChI=1S/C31H40N4O2/c1-5-26-22-32-29(33-26)28(36)20-24-6-7-25(21-27(24)23-8-10-30(2,3)11-9-23)31(12-18-37-19-13-31)35-16-14-34(4)15-17-35/h1,6-8,21-22H,9-20H2,2-4H3,(H,32,33). The number of ether oxygens (including phenoxy) is 1. The molecule has 5 rings (SSSR count). The van der Waals surface area contributed by atoms with Gasteiger partial charge in [-0.05, 0) is 72.9 Å². The summed E-state index contributed by atoms with van der Waals surface area (Å²) < 4.78 is 5.85. The van der Waals surface area contributed by atoms with Gasteiger partial charge in [-0.3, -0.25) is 9.69 Å². The number of hydrogen-bond acceptors (Lipinski definition) is 5. The van der Waals surface area contributed by atoms with Gasteiger partial charge in [-0.2, -0.15) is 0 Å². The van der Waals surface area contributed by atoms with Gasteiger partial charge in [0.25, 0.3) is 0 Å². The van der Waals surface area contributed by atoms with Gasteiger partial charge in [-0.15, -0.1) is 6.42 Å². The Morgan fingerprint density at radius 2 is 1.92 bits per heavy atom. The topological polar surface area (TPSA) is 61.5 Å². The van der Waals surface area contributed by atoms with E-state index in [-0.39, 0.29) is 11.3 Å². The first-order valence-corrected chi connectivity index (χ1v) is 13.7. The van der Waals surface area contributed by atoms with Crippen LogP contribution >= 0.6 is 0 Å². The molecule has 2 aromatic rings. The van der Waals surface area contributed by atoms with Crippen LogP contribution < -0.4 is 0 Å². The minimum Gasteiger partial charge on any atom is -0.381 e. The van der Waals surface area contributed by atoms with Crippen LogP contribution in [0.3, 0.4) is 0 Å². The SMILES string of the molecule is C#Cc1cnc(C(=O)Cc2ccc(C3(N4CCN(C)CC4)CCOCC3)cc2C2=CCC(C)(C)CC2)[nH]1. The summed E-state index contributed by atoms with van der Waals surface area (Å²) in [6.07, 6.45) is 15.0. The summed E-state index contributed by atoms with van der Waals surface area (Å²) >= 11 is 0. The van der Waals surface area contributed by atoms with E-state index < -0.39 is 0 Å². The maximum atomic E-state index is 13.2. The van der Waals surface area contributed by atoms with Crippen molar-refractivity contribution >= 4 is 11.4 Å². The van der Waals surface area contributed by atoms with Crippen LogP contribution in [0.5, 0.6) is 0 Å². The number of imidazole rings is 1. The summed E-state index contributed by atoms with van der Waals surface area (Å²) in [4.78, 5) is 25.5. The Kier molecular flexibility index (Phi) is 7.40. The normalized spacial score (nSPS) is 22.3. The summed E-state index contributed by atoms with van der Waals surface area (Å²) in [5, 5.41) is 0. The molecule has 3 aliphatic rings. The molecule has 1 aromatic carbocycles. The van der Waals surface area contributed by atoms with Crippen LogP contribution in [-0.2, 0) is 16.7 Å². The zero-order valence-electron chi connectivity index (χ0n) is 22.6. The maximum Gasteiger partial charge on any atom is 0.202 e. The van der Waals surface area contributed by atoms with Crippen LogP contribution in [-0.4, -0.2) is 72.0 Å². The molecule has 6 heteroatoms. The van der Waals surface area contributed by atoms with Crippen molar-refractivity contribution in [2.24, 2.45) is 5.41 Å². The molecule has 2 saturated heterocycles. The van der Waals surface area contributed by atoms with Crippen molar-refractivity contribution in [3.05, 3.63) is 58.7 Å². The summed E-state index contributed by atoms with van der Waals surface area (Å²) in [7, 11) is 2.21. The number of ketones is 1. The van der Waals surface area contributed by atoms with Crippen molar-refractivity contribution in [1.82, 2.24) is 19.8 Å². The first-order chi connectivity index (χ1) is 17.8. The lowest BCUT2D eigenvalue weighted by Crippen LogP contribution is -2.56. The number of carbonyl (C=O) groups is 1. The minimum absolute atomic E-state index is 0.0198. The average Bonchev–Trinajstić information content (AvgIpc) is 3.40. The number of rotatable bonds is 6. The molecule has 2 aliphatic heterocycles. The van der Waals surface area contributed by atoms with Gasteiger partial charge in [0.05, 0.1) is 11.7 Å². The third kappa shape index (κ3) is 5.45. The van der Waals surface area contributed by atoms with Gasteiger partial charge in [-0.25, -0.2) is 4.98 Å². The number of allylic oxidation sites excluding steroid dienone is 2. The first kappa shape index (κ1) is 25.9. The van der Waals surface area contributed by atoms with Gasteiger partial charge in [0.15, 0.2) is 5.82 Å². The Hall–Kier alpha value is -2.72. The van der Waals surface area contributed by atoms with E-state index in [1.54, 1.807) is 6.20 Å². The fraction of sp³-hybridized carbons (Fsp3) is 0.548. The average molecular weight is 501 g/mol. The fourth-order valence-corrected chi connectivity index (χ4v) is 6.16. The molecule has 1 N–H and O–H groups in total. The number of hydrogen-bond donors (Lipinski definition) is 1. The molecule has 37 heavy (non-hydrogen) atoms. The third-order valence-corrected chi connectivity index (χ3v) is 8.74. The number of terminal acetylenes is 1. The molecule has 1 aromatic heterocycles. The monoisotopic (exact) mass is 500 g/mol. The molecule has 0 unspecified atom stereocenters. The Morgan fingerprint density at radius 1 is 1.16 bits per heavy atom. The van der Waals surface area contributed by atoms with Gasteiger partial charge in [0.1, 0.15) is 5.69 Å². The molecule has 0 saturated carbocycles. The lowest BCUT2D eigenvalue weighted by Gasteiger charge is -2.50. The van der Waals surface area contributed by atoms with Crippen molar-refractivity contribution in [2.75, 3.05) is 46.4 Å². The molecular weight excluding hydrogens is 460 g/mol. The molecule has 2 fully saturated rings. The minimum atomic E-state index is -0.0351.